The maximum absolute atomic E-state index is 14.7. The number of benzene rings is 1. The number of aromatic nitrogens is 3. The van der Waals surface area contributed by atoms with Crippen LogP contribution < -0.4 is 15.5 Å². The van der Waals surface area contributed by atoms with Gasteiger partial charge in [-0.25, -0.2) is 9.37 Å². The molecule has 4 heterocycles. The van der Waals surface area contributed by atoms with E-state index in [-0.39, 0.29) is 51.2 Å². The molecule has 2 aromatic heterocycles. The number of pyridine rings is 1. The molecule has 0 spiro atoms. The van der Waals surface area contributed by atoms with E-state index in [1.165, 1.54) is 34.8 Å². The van der Waals surface area contributed by atoms with Crippen molar-refractivity contribution in [2.45, 2.75) is 6.42 Å². The number of carbonyl (C=O) groups excluding carboxylic acids is 3. The van der Waals surface area contributed by atoms with Crippen molar-refractivity contribution >= 4 is 40.8 Å². The molecule has 2 aliphatic heterocycles. The minimum absolute atomic E-state index is 0.00222. The molecule has 5 rings (SSSR count). The van der Waals surface area contributed by atoms with Crippen molar-refractivity contribution in [1.82, 2.24) is 29.7 Å². The van der Waals surface area contributed by atoms with Gasteiger partial charge < -0.3 is 29.9 Å². The first-order valence-corrected chi connectivity index (χ1v) is 13.9. The molecule has 3 aromatic rings. The van der Waals surface area contributed by atoms with Gasteiger partial charge in [-0.1, -0.05) is 11.6 Å². The van der Waals surface area contributed by atoms with Crippen molar-refractivity contribution in [3.8, 4) is 11.3 Å². The van der Waals surface area contributed by atoms with Crippen molar-refractivity contribution < 1.29 is 23.2 Å². The Hall–Kier alpha value is -4.10. The van der Waals surface area contributed by atoms with Crippen molar-refractivity contribution in [3.63, 3.8) is 0 Å². The first kappa shape index (κ1) is 29.4. The molecule has 1 unspecified atom stereocenters. The van der Waals surface area contributed by atoms with Gasteiger partial charge in [0.25, 0.3) is 11.8 Å². The van der Waals surface area contributed by atoms with E-state index in [4.69, 9.17) is 11.6 Å². The summed E-state index contributed by atoms with van der Waals surface area (Å²) in [6, 6.07) is 5.55. The van der Waals surface area contributed by atoms with Crippen LogP contribution in [0.25, 0.3) is 11.3 Å². The zero-order valence-electron chi connectivity index (χ0n) is 23.5. The molecule has 0 aliphatic carbocycles. The second kappa shape index (κ2) is 12.0. The number of amides is 3. The number of halogens is 3. The van der Waals surface area contributed by atoms with Gasteiger partial charge in [0, 0.05) is 59.6 Å². The normalized spacial score (nSPS) is 17.0. The summed E-state index contributed by atoms with van der Waals surface area (Å²) in [6.07, 6.45) is 2.09. The molecule has 2 saturated heterocycles. The van der Waals surface area contributed by atoms with E-state index in [0.29, 0.717) is 38.4 Å². The van der Waals surface area contributed by atoms with Gasteiger partial charge in [-0.15, -0.1) is 0 Å². The molecule has 1 atom stereocenters. The quantitative estimate of drug-likeness (QED) is 0.418. The molecule has 0 saturated carbocycles. The van der Waals surface area contributed by atoms with Gasteiger partial charge in [-0.05, 0) is 37.2 Å². The molecule has 11 nitrogen and oxygen atoms in total. The van der Waals surface area contributed by atoms with Gasteiger partial charge >= 0.3 is 0 Å². The second-order valence-electron chi connectivity index (χ2n) is 10.5. The first-order chi connectivity index (χ1) is 20.0. The fourth-order valence-electron chi connectivity index (χ4n) is 5.20. The molecule has 2 N–H and O–H groups in total. The molecule has 14 heteroatoms. The number of hydrogen-bond acceptors (Lipinski definition) is 7. The Morgan fingerprint density at radius 3 is 2.45 bits per heavy atom. The summed E-state index contributed by atoms with van der Waals surface area (Å²) in [5.41, 5.74) is 0.620. The van der Waals surface area contributed by atoms with E-state index in [1.807, 2.05) is 4.90 Å². The molecule has 222 valence electrons. The summed E-state index contributed by atoms with van der Waals surface area (Å²) in [6.45, 7) is 3.27. The van der Waals surface area contributed by atoms with E-state index in [2.05, 4.69) is 20.6 Å². The number of nitrogens with one attached hydrogen (secondary N) is 2. The van der Waals surface area contributed by atoms with Crippen LogP contribution in [0.5, 0.6) is 0 Å². The van der Waals surface area contributed by atoms with Gasteiger partial charge in [0.1, 0.15) is 0 Å². The van der Waals surface area contributed by atoms with E-state index in [9.17, 15) is 23.2 Å². The predicted molar refractivity (Wildman–Crippen MR) is 154 cm³/mol. The number of carbonyl (C=O) groups is 3. The Labute approximate surface area is 246 Å². The van der Waals surface area contributed by atoms with E-state index in [0.717, 1.165) is 19.0 Å². The molecule has 42 heavy (non-hydrogen) atoms. The summed E-state index contributed by atoms with van der Waals surface area (Å²) < 4.78 is 30.5. The molecule has 2 aliphatic rings. The fourth-order valence-corrected chi connectivity index (χ4v) is 5.46. The Balaban J connectivity index is 1.24. The lowest BCUT2D eigenvalue weighted by atomic mass is 10.1. The largest absolute Gasteiger partial charge is 0.360 e. The third-order valence-corrected chi connectivity index (χ3v) is 7.86. The zero-order chi connectivity index (χ0) is 30.1. The molecular formula is C28H31ClF2N8O3. The van der Waals surface area contributed by atoms with E-state index < -0.39 is 17.7 Å². The highest BCUT2D eigenvalue weighted by Crippen LogP contribution is 2.28. The molecule has 1 aromatic carbocycles. The first-order valence-electron chi connectivity index (χ1n) is 13.5. The maximum atomic E-state index is 14.7. The van der Waals surface area contributed by atoms with Gasteiger partial charge in [0.05, 0.1) is 34.0 Å². The Kier molecular flexibility index (Phi) is 8.41. The standard InChI is InChI=1S/C28H31ClF2N8O3/c1-36(2)24-21(30)13-19(23(31)35-24)22-15-33-25(37(22)3)26(40)34-17-4-5-18(20(29)12-17)28(42)39-10-8-38(9-11-39)27(41)16-6-7-32-14-16/h4-5,12-13,15-16,32H,6-11,14H2,1-3H3,(H,34,40). The Bertz CT molecular complexity index is 1530. The smallest absolute Gasteiger partial charge is 0.291 e. The van der Waals surface area contributed by atoms with Crippen LogP contribution in [0.15, 0.2) is 30.5 Å². The second-order valence-corrected chi connectivity index (χ2v) is 10.9. The maximum Gasteiger partial charge on any atom is 0.291 e. The number of nitrogens with zero attached hydrogens (tertiary/aromatic N) is 6. The highest BCUT2D eigenvalue weighted by atomic mass is 35.5. The third-order valence-electron chi connectivity index (χ3n) is 7.55. The van der Waals surface area contributed by atoms with Crippen LogP contribution in [0.4, 0.5) is 20.3 Å². The molecule has 0 bridgehead atoms. The third kappa shape index (κ3) is 5.79. The lowest BCUT2D eigenvalue weighted by Gasteiger charge is -2.36. The highest BCUT2D eigenvalue weighted by Gasteiger charge is 2.31. The van der Waals surface area contributed by atoms with Gasteiger partial charge in [0.15, 0.2) is 17.5 Å². The zero-order valence-corrected chi connectivity index (χ0v) is 24.2. The van der Waals surface area contributed by atoms with Crippen LogP contribution in [0, 0.1) is 17.7 Å². The van der Waals surface area contributed by atoms with E-state index >= 15 is 0 Å². The summed E-state index contributed by atoms with van der Waals surface area (Å²) in [7, 11) is 4.60. The minimum Gasteiger partial charge on any atom is -0.360 e. The highest BCUT2D eigenvalue weighted by molar-refractivity contribution is 6.34. The number of rotatable bonds is 6. The van der Waals surface area contributed by atoms with Crippen LogP contribution in [-0.4, -0.2) is 95.4 Å². The van der Waals surface area contributed by atoms with Crippen molar-refractivity contribution in [2.75, 3.05) is 63.6 Å². The topological polar surface area (TPSA) is 116 Å². The SMILES string of the molecule is CN(C)c1nc(F)c(-c2cnc(C(=O)Nc3ccc(C(=O)N4CCN(C(=O)C5CCNC5)CC4)c(Cl)c3)n2C)cc1F. The molecular weight excluding hydrogens is 570 g/mol. The lowest BCUT2D eigenvalue weighted by Crippen LogP contribution is -2.52. The number of piperazine rings is 1. The molecule has 3 amide bonds. The average Bonchev–Trinajstić information content (AvgIpc) is 3.64. The van der Waals surface area contributed by atoms with Crippen molar-refractivity contribution in [2.24, 2.45) is 13.0 Å². The van der Waals surface area contributed by atoms with Crippen molar-refractivity contribution in [1.29, 1.82) is 0 Å². The lowest BCUT2D eigenvalue weighted by molar-refractivity contribution is -0.136. The molecule has 2 fully saturated rings. The number of hydrogen-bond donors (Lipinski definition) is 2. The van der Waals surface area contributed by atoms with Crippen molar-refractivity contribution in [3.05, 3.63) is 58.6 Å². The Morgan fingerprint density at radius 1 is 1.10 bits per heavy atom. The monoisotopic (exact) mass is 600 g/mol. The van der Waals surface area contributed by atoms with Gasteiger partial charge in [0.2, 0.25) is 11.9 Å². The van der Waals surface area contributed by atoms with Crippen LogP contribution in [0.1, 0.15) is 27.4 Å². The summed E-state index contributed by atoms with van der Waals surface area (Å²) in [4.78, 5) is 51.4. The summed E-state index contributed by atoms with van der Waals surface area (Å²) in [5, 5.41) is 6.03. The number of imidazole rings is 1. The van der Waals surface area contributed by atoms with Crippen LogP contribution >= 0.6 is 11.6 Å². The van der Waals surface area contributed by atoms with Crippen LogP contribution in [0.3, 0.4) is 0 Å². The molecule has 0 radical (unpaired) electrons. The summed E-state index contributed by atoms with van der Waals surface area (Å²) >= 11 is 6.44. The average molecular weight is 601 g/mol. The van der Waals surface area contributed by atoms with Gasteiger partial charge in [-0.2, -0.15) is 9.37 Å². The Morgan fingerprint density at radius 2 is 1.81 bits per heavy atom. The van der Waals surface area contributed by atoms with Crippen LogP contribution in [-0.2, 0) is 11.8 Å². The summed E-state index contributed by atoms with van der Waals surface area (Å²) in [5.74, 6) is -2.58. The minimum atomic E-state index is -0.902. The van der Waals surface area contributed by atoms with Crippen LogP contribution in [0.2, 0.25) is 5.02 Å². The predicted octanol–water partition coefficient (Wildman–Crippen LogP) is 2.63. The fraction of sp³-hybridized carbons (Fsp3) is 0.393. The number of anilines is 2. The van der Waals surface area contributed by atoms with E-state index in [1.54, 1.807) is 25.1 Å². The van der Waals surface area contributed by atoms with Gasteiger partial charge in [-0.3, -0.25) is 14.4 Å².